The summed E-state index contributed by atoms with van der Waals surface area (Å²) in [6, 6.07) is 0. The first-order valence-electron chi connectivity index (χ1n) is 41.7. The number of phosphoric ester groups is 2. The summed E-state index contributed by atoms with van der Waals surface area (Å²) in [4.78, 5) is 72.9. The molecule has 0 aliphatic heterocycles. The molecule has 5 atom stereocenters. The number of unbranched alkanes of at least 4 members (excludes halogenated alkanes) is 44. The fourth-order valence-corrected chi connectivity index (χ4v) is 14.0. The first kappa shape index (κ1) is 98.1. The highest BCUT2D eigenvalue weighted by Crippen LogP contribution is 2.45. The molecule has 0 radical (unpaired) electrons. The van der Waals surface area contributed by atoms with Crippen LogP contribution in [0.15, 0.2) is 0 Å². The molecule has 0 rings (SSSR count). The second-order valence-corrected chi connectivity index (χ2v) is 34.0. The largest absolute Gasteiger partial charge is 0.472 e. The summed E-state index contributed by atoms with van der Waals surface area (Å²) >= 11 is 0. The lowest BCUT2D eigenvalue weighted by Crippen LogP contribution is -2.30. The third-order valence-electron chi connectivity index (χ3n) is 18.8. The van der Waals surface area contributed by atoms with Crippen molar-refractivity contribution >= 4 is 39.5 Å². The molecule has 0 aromatic carbocycles. The molecule has 0 aliphatic rings. The van der Waals surface area contributed by atoms with Crippen LogP contribution in [0.4, 0.5) is 0 Å². The number of aliphatic hydroxyl groups is 1. The van der Waals surface area contributed by atoms with Crippen molar-refractivity contribution in [2.75, 3.05) is 39.6 Å². The van der Waals surface area contributed by atoms with E-state index in [-0.39, 0.29) is 25.7 Å². The van der Waals surface area contributed by atoms with Crippen LogP contribution >= 0.6 is 15.6 Å². The van der Waals surface area contributed by atoms with Crippen LogP contribution in [-0.4, -0.2) is 96.7 Å². The minimum atomic E-state index is -4.96. The molecule has 100 heavy (non-hydrogen) atoms. The second kappa shape index (κ2) is 70.1. The quantitative estimate of drug-likeness (QED) is 0.0222. The number of phosphoric acid groups is 2. The van der Waals surface area contributed by atoms with Gasteiger partial charge in [0.15, 0.2) is 12.2 Å². The number of hydrogen-bond donors (Lipinski definition) is 3. The molecule has 0 aliphatic carbocycles. The van der Waals surface area contributed by atoms with Gasteiger partial charge in [-0.2, -0.15) is 0 Å². The summed E-state index contributed by atoms with van der Waals surface area (Å²) in [6.07, 6.45) is 57.3. The van der Waals surface area contributed by atoms with Gasteiger partial charge < -0.3 is 33.8 Å². The molecule has 0 aromatic rings. The average molecular weight is 1470 g/mol. The zero-order valence-corrected chi connectivity index (χ0v) is 67.6. The Morgan fingerprint density at radius 1 is 0.250 bits per heavy atom. The zero-order chi connectivity index (χ0) is 73.8. The van der Waals surface area contributed by atoms with Crippen molar-refractivity contribution in [2.24, 2.45) is 23.7 Å². The standard InChI is InChI=1S/C81H158O17P2/c1-71(2)57-49-41-33-27-23-19-15-11-9-10-12-17-21-25-29-36-45-53-61-78(83)91-67-76(97-80(85)63-55-47-38-30-26-22-18-14-13-16-20-24-28-34-42-50-58-72(3)4)69-95-99(87,88)93-65-75(82)66-94-100(89,90)96-70-77(98-81(86)64-56-48-40-39-44-52-60-74(7)8)68-92-79(84)62-54-46-37-32-31-35-43-51-59-73(5)6/h71-77,82H,9-70H2,1-8H3,(H,87,88)(H,89,90)/t75?,76-,77-/m1/s1. The number of carbonyl (C=O) groups is 4. The molecule has 0 fully saturated rings. The van der Waals surface area contributed by atoms with Crippen LogP contribution in [0.5, 0.6) is 0 Å². The number of aliphatic hydroxyl groups excluding tert-OH is 1. The molecular weight excluding hydrogens is 1310 g/mol. The molecule has 594 valence electrons. The molecule has 0 spiro atoms. The van der Waals surface area contributed by atoms with Crippen molar-refractivity contribution in [2.45, 2.75) is 433 Å². The van der Waals surface area contributed by atoms with Crippen molar-refractivity contribution < 1.29 is 80.2 Å². The van der Waals surface area contributed by atoms with Gasteiger partial charge in [-0.25, -0.2) is 9.13 Å². The number of esters is 4. The number of ether oxygens (including phenoxy) is 4. The fourth-order valence-electron chi connectivity index (χ4n) is 12.4. The fraction of sp³-hybridized carbons (Fsp3) is 0.951. The Hall–Kier alpha value is -1.94. The van der Waals surface area contributed by atoms with Gasteiger partial charge in [-0.15, -0.1) is 0 Å². The van der Waals surface area contributed by atoms with E-state index < -0.39 is 97.5 Å². The maximum Gasteiger partial charge on any atom is 0.472 e. The zero-order valence-electron chi connectivity index (χ0n) is 65.8. The van der Waals surface area contributed by atoms with E-state index in [0.29, 0.717) is 31.6 Å². The highest BCUT2D eigenvalue weighted by molar-refractivity contribution is 7.47. The Labute approximate surface area is 613 Å². The third kappa shape index (κ3) is 74.3. The molecule has 0 bridgehead atoms. The number of hydrogen-bond acceptors (Lipinski definition) is 15. The van der Waals surface area contributed by atoms with Gasteiger partial charge in [0.25, 0.3) is 0 Å². The van der Waals surface area contributed by atoms with Gasteiger partial charge in [0.05, 0.1) is 26.4 Å². The molecule has 0 saturated heterocycles. The molecule has 0 amide bonds. The lowest BCUT2D eigenvalue weighted by Gasteiger charge is -2.21. The first-order valence-corrected chi connectivity index (χ1v) is 44.7. The van der Waals surface area contributed by atoms with E-state index in [2.05, 4.69) is 55.4 Å². The van der Waals surface area contributed by atoms with Crippen LogP contribution in [-0.2, 0) is 65.4 Å². The Bertz CT molecular complexity index is 1950. The van der Waals surface area contributed by atoms with Crippen molar-refractivity contribution in [3.8, 4) is 0 Å². The van der Waals surface area contributed by atoms with Gasteiger partial charge in [0.1, 0.15) is 19.3 Å². The van der Waals surface area contributed by atoms with Crippen LogP contribution in [0, 0.1) is 23.7 Å². The monoisotopic (exact) mass is 1470 g/mol. The highest BCUT2D eigenvalue weighted by Gasteiger charge is 2.30. The van der Waals surface area contributed by atoms with Crippen LogP contribution in [0.25, 0.3) is 0 Å². The maximum absolute atomic E-state index is 13.1. The molecular formula is C81H158O17P2. The summed E-state index contributed by atoms with van der Waals surface area (Å²) in [7, 11) is -9.92. The molecule has 0 saturated carbocycles. The molecule has 0 heterocycles. The highest BCUT2D eigenvalue weighted by atomic mass is 31.2. The SMILES string of the molecule is CC(C)CCCCCCCCCCCCCCCCCCCCC(=O)OC[C@H](COP(=O)(O)OCC(O)COP(=O)(O)OC[C@@H](COC(=O)CCCCCCCCCCC(C)C)OC(=O)CCCCCCCCC(C)C)OC(=O)CCCCCCCCCCCCCCCCCCC(C)C. The van der Waals surface area contributed by atoms with Crippen LogP contribution in [0.1, 0.15) is 415 Å². The summed E-state index contributed by atoms with van der Waals surface area (Å²) in [5.74, 6) is 0.908. The van der Waals surface area contributed by atoms with Crippen LogP contribution in [0.2, 0.25) is 0 Å². The van der Waals surface area contributed by atoms with E-state index in [1.807, 2.05) is 0 Å². The molecule has 3 unspecified atom stereocenters. The van der Waals surface area contributed by atoms with Crippen molar-refractivity contribution in [3.05, 3.63) is 0 Å². The third-order valence-corrected chi connectivity index (χ3v) is 20.7. The topological polar surface area (TPSA) is 237 Å². The van der Waals surface area contributed by atoms with E-state index >= 15 is 0 Å². The Balaban J connectivity index is 5.18. The van der Waals surface area contributed by atoms with E-state index in [4.69, 9.17) is 37.0 Å². The Morgan fingerprint density at radius 2 is 0.420 bits per heavy atom. The van der Waals surface area contributed by atoms with Crippen molar-refractivity contribution in [1.29, 1.82) is 0 Å². The summed E-state index contributed by atoms with van der Waals surface area (Å²) < 4.78 is 68.6. The summed E-state index contributed by atoms with van der Waals surface area (Å²) in [5.41, 5.74) is 0. The minimum Gasteiger partial charge on any atom is -0.462 e. The summed E-state index contributed by atoms with van der Waals surface area (Å²) in [6.45, 7) is 14.2. The van der Waals surface area contributed by atoms with E-state index in [0.717, 1.165) is 108 Å². The Morgan fingerprint density at radius 3 is 0.620 bits per heavy atom. The molecule has 17 nitrogen and oxygen atoms in total. The van der Waals surface area contributed by atoms with Gasteiger partial charge in [-0.05, 0) is 49.4 Å². The lowest BCUT2D eigenvalue weighted by atomic mass is 10.0. The van der Waals surface area contributed by atoms with Crippen molar-refractivity contribution in [3.63, 3.8) is 0 Å². The second-order valence-electron chi connectivity index (χ2n) is 31.1. The van der Waals surface area contributed by atoms with Crippen LogP contribution < -0.4 is 0 Å². The number of rotatable bonds is 78. The van der Waals surface area contributed by atoms with Gasteiger partial charge in [0.2, 0.25) is 0 Å². The minimum absolute atomic E-state index is 0.101. The van der Waals surface area contributed by atoms with E-state index in [1.54, 1.807) is 0 Å². The van der Waals surface area contributed by atoms with E-state index in [1.165, 1.54) is 218 Å². The predicted octanol–water partition coefficient (Wildman–Crippen LogP) is 24.0. The Kier molecular flexibility index (Phi) is 68.7. The normalized spacial score (nSPS) is 14.0. The summed E-state index contributed by atoms with van der Waals surface area (Å²) in [5, 5.41) is 10.6. The lowest BCUT2D eigenvalue weighted by molar-refractivity contribution is -0.161. The maximum atomic E-state index is 13.1. The molecule has 3 N–H and O–H groups in total. The average Bonchev–Trinajstić information content (AvgIpc) is 0.992. The van der Waals surface area contributed by atoms with Crippen molar-refractivity contribution in [1.82, 2.24) is 0 Å². The number of carbonyl (C=O) groups excluding carboxylic acids is 4. The van der Waals surface area contributed by atoms with E-state index in [9.17, 15) is 43.2 Å². The molecule has 19 heteroatoms. The first-order chi connectivity index (χ1) is 48.1. The van der Waals surface area contributed by atoms with Gasteiger partial charge >= 0.3 is 39.5 Å². The van der Waals surface area contributed by atoms with Crippen LogP contribution in [0.3, 0.4) is 0 Å². The van der Waals surface area contributed by atoms with Gasteiger partial charge in [0, 0.05) is 25.7 Å². The van der Waals surface area contributed by atoms with Gasteiger partial charge in [-0.1, -0.05) is 364 Å². The van der Waals surface area contributed by atoms with Gasteiger partial charge in [-0.3, -0.25) is 37.3 Å². The smallest absolute Gasteiger partial charge is 0.462 e. The molecule has 0 aromatic heterocycles. The predicted molar refractivity (Wildman–Crippen MR) is 409 cm³/mol.